The Morgan fingerprint density at radius 3 is 2.73 bits per heavy atom. The summed E-state index contributed by atoms with van der Waals surface area (Å²) in [5.41, 5.74) is -0.444. The van der Waals surface area contributed by atoms with E-state index in [0.29, 0.717) is 11.5 Å². The predicted molar refractivity (Wildman–Crippen MR) is 87.5 cm³/mol. The lowest BCUT2D eigenvalue weighted by Gasteiger charge is -2.21. The molecule has 0 bridgehead atoms. The molecule has 1 saturated heterocycles. The molecule has 26 heavy (non-hydrogen) atoms. The molecule has 3 rings (SSSR count). The van der Waals surface area contributed by atoms with Crippen LogP contribution >= 0.6 is 0 Å². The molecule has 0 unspecified atom stereocenters. The van der Waals surface area contributed by atoms with E-state index in [1.807, 2.05) is 5.32 Å². The number of rotatable bonds is 4. The second-order valence-electron chi connectivity index (χ2n) is 6.15. The molecule has 6 amide bonds. The van der Waals surface area contributed by atoms with Crippen molar-refractivity contribution in [1.29, 1.82) is 0 Å². The van der Waals surface area contributed by atoms with Crippen LogP contribution in [0.5, 0.6) is 11.5 Å². The smallest absolute Gasteiger partial charge is 0.325 e. The van der Waals surface area contributed by atoms with Gasteiger partial charge in [-0.3, -0.25) is 19.8 Å². The molecule has 0 aromatic heterocycles. The van der Waals surface area contributed by atoms with E-state index in [9.17, 15) is 19.2 Å². The number of benzene rings is 1. The molecule has 10 nitrogen and oxygen atoms in total. The SMILES string of the molecule is CNC(=O)NC(=O)CN1C(=O)N[C@](C)(Cc2ccc3c(c2)OCO3)C1=O. The normalized spacial score (nSPS) is 20.8. The zero-order valence-electron chi connectivity index (χ0n) is 14.3. The highest BCUT2D eigenvalue weighted by molar-refractivity contribution is 6.09. The van der Waals surface area contributed by atoms with Gasteiger partial charge < -0.3 is 20.1 Å². The van der Waals surface area contributed by atoms with Gasteiger partial charge in [-0.2, -0.15) is 0 Å². The summed E-state index contributed by atoms with van der Waals surface area (Å²) in [4.78, 5) is 48.5. The number of urea groups is 2. The molecule has 0 spiro atoms. The van der Waals surface area contributed by atoms with Gasteiger partial charge in [0, 0.05) is 13.5 Å². The first kappa shape index (κ1) is 17.5. The quantitative estimate of drug-likeness (QED) is 0.633. The molecular formula is C16H18N4O6. The summed E-state index contributed by atoms with van der Waals surface area (Å²) < 4.78 is 10.6. The van der Waals surface area contributed by atoms with Gasteiger partial charge in [-0.15, -0.1) is 0 Å². The van der Waals surface area contributed by atoms with Crippen molar-refractivity contribution in [3.8, 4) is 11.5 Å². The highest BCUT2D eigenvalue weighted by Crippen LogP contribution is 2.34. The molecule has 1 aromatic carbocycles. The first-order valence-corrected chi connectivity index (χ1v) is 7.86. The van der Waals surface area contributed by atoms with E-state index in [1.165, 1.54) is 7.05 Å². The number of hydrogen-bond acceptors (Lipinski definition) is 6. The lowest BCUT2D eigenvalue weighted by Crippen LogP contribution is -2.48. The van der Waals surface area contributed by atoms with Gasteiger partial charge in [0.25, 0.3) is 5.91 Å². The van der Waals surface area contributed by atoms with Crippen LogP contribution in [0.2, 0.25) is 0 Å². The summed E-state index contributed by atoms with van der Waals surface area (Å²) in [6.45, 7) is 1.17. The van der Waals surface area contributed by atoms with Crippen LogP contribution in [0.1, 0.15) is 12.5 Å². The first-order chi connectivity index (χ1) is 12.3. The number of ether oxygens (including phenoxy) is 2. The van der Waals surface area contributed by atoms with E-state index in [0.717, 1.165) is 10.5 Å². The van der Waals surface area contributed by atoms with Crippen LogP contribution in [-0.2, 0) is 16.0 Å². The monoisotopic (exact) mass is 362 g/mol. The second-order valence-corrected chi connectivity index (χ2v) is 6.15. The van der Waals surface area contributed by atoms with Gasteiger partial charge in [0.2, 0.25) is 12.7 Å². The van der Waals surface area contributed by atoms with Crippen molar-refractivity contribution >= 4 is 23.9 Å². The summed E-state index contributed by atoms with van der Waals surface area (Å²) in [6, 6.07) is 3.85. The van der Waals surface area contributed by atoms with Gasteiger partial charge in [-0.05, 0) is 24.6 Å². The minimum Gasteiger partial charge on any atom is -0.454 e. The largest absolute Gasteiger partial charge is 0.454 e. The van der Waals surface area contributed by atoms with Gasteiger partial charge in [0.1, 0.15) is 12.1 Å². The Bertz CT molecular complexity index is 795. The summed E-state index contributed by atoms with van der Waals surface area (Å²) >= 11 is 0. The van der Waals surface area contributed by atoms with Crippen LogP contribution in [0, 0.1) is 0 Å². The minimum absolute atomic E-state index is 0.139. The Morgan fingerprint density at radius 1 is 1.27 bits per heavy atom. The van der Waals surface area contributed by atoms with E-state index < -0.39 is 36.0 Å². The molecule has 10 heteroatoms. The molecular weight excluding hydrogens is 344 g/mol. The third-order valence-electron chi connectivity index (χ3n) is 4.12. The van der Waals surface area contributed by atoms with Crippen LogP contribution in [-0.4, -0.2) is 54.7 Å². The van der Waals surface area contributed by atoms with Crippen molar-refractivity contribution in [1.82, 2.24) is 20.9 Å². The Balaban J connectivity index is 1.70. The summed E-state index contributed by atoms with van der Waals surface area (Å²) in [6.07, 6.45) is 0.210. The molecule has 0 aliphatic carbocycles. The van der Waals surface area contributed by atoms with E-state index in [4.69, 9.17) is 9.47 Å². The maximum atomic E-state index is 12.7. The van der Waals surface area contributed by atoms with E-state index >= 15 is 0 Å². The van der Waals surface area contributed by atoms with Crippen molar-refractivity contribution in [2.45, 2.75) is 18.9 Å². The fourth-order valence-electron chi connectivity index (χ4n) is 2.84. The minimum atomic E-state index is -1.21. The highest BCUT2D eigenvalue weighted by atomic mass is 16.7. The topological polar surface area (TPSA) is 126 Å². The van der Waals surface area contributed by atoms with Crippen LogP contribution in [0.4, 0.5) is 9.59 Å². The number of carbonyl (C=O) groups is 4. The van der Waals surface area contributed by atoms with Crippen molar-refractivity contribution in [3.05, 3.63) is 23.8 Å². The zero-order valence-corrected chi connectivity index (χ0v) is 14.3. The third kappa shape index (κ3) is 3.25. The van der Waals surface area contributed by atoms with Crippen molar-refractivity contribution in [3.63, 3.8) is 0 Å². The van der Waals surface area contributed by atoms with Crippen molar-refractivity contribution < 1.29 is 28.7 Å². The Morgan fingerprint density at radius 2 is 2.00 bits per heavy atom. The average Bonchev–Trinajstić information content (AvgIpc) is 3.13. The highest BCUT2D eigenvalue weighted by Gasteiger charge is 2.48. The van der Waals surface area contributed by atoms with Gasteiger partial charge in [0.05, 0.1) is 0 Å². The molecule has 1 aromatic rings. The van der Waals surface area contributed by atoms with Crippen LogP contribution in [0.3, 0.4) is 0 Å². The number of hydrogen-bond donors (Lipinski definition) is 3. The summed E-state index contributed by atoms with van der Waals surface area (Å²) in [5, 5.41) is 6.83. The maximum absolute atomic E-state index is 12.7. The lowest BCUT2D eigenvalue weighted by atomic mass is 9.92. The standard InChI is InChI=1S/C16H18N4O6/c1-16(6-9-3-4-10-11(5-9)26-8-25-10)13(22)20(15(24)19-16)7-12(21)18-14(23)17-2/h3-5H,6-8H2,1-2H3,(H,19,24)(H2,17,18,21,23)/t16-/m1/s1. The van der Waals surface area contributed by atoms with E-state index in [2.05, 4.69) is 10.6 Å². The molecule has 2 aliphatic rings. The molecule has 2 aliphatic heterocycles. The van der Waals surface area contributed by atoms with Gasteiger partial charge in [-0.1, -0.05) is 6.07 Å². The molecule has 1 fully saturated rings. The van der Waals surface area contributed by atoms with E-state index in [-0.39, 0.29) is 13.2 Å². The van der Waals surface area contributed by atoms with E-state index in [1.54, 1.807) is 25.1 Å². The molecule has 138 valence electrons. The van der Waals surface area contributed by atoms with Crippen molar-refractivity contribution in [2.75, 3.05) is 20.4 Å². The third-order valence-corrected chi connectivity index (χ3v) is 4.12. The number of nitrogens with zero attached hydrogens (tertiary/aromatic N) is 1. The number of carbonyl (C=O) groups excluding carboxylic acids is 4. The first-order valence-electron chi connectivity index (χ1n) is 7.86. The Kier molecular flexibility index (Phi) is 4.41. The van der Waals surface area contributed by atoms with Crippen LogP contribution in [0.15, 0.2) is 18.2 Å². The van der Waals surface area contributed by atoms with Crippen LogP contribution in [0.25, 0.3) is 0 Å². The number of nitrogens with one attached hydrogen (secondary N) is 3. The molecule has 0 radical (unpaired) electrons. The molecule has 0 saturated carbocycles. The van der Waals surface area contributed by atoms with Gasteiger partial charge >= 0.3 is 12.1 Å². The fraction of sp³-hybridized carbons (Fsp3) is 0.375. The predicted octanol–water partition coefficient (Wildman–Crippen LogP) is -0.276. The molecule has 3 N–H and O–H groups in total. The van der Waals surface area contributed by atoms with Crippen LogP contribution < -0.4 is 25.4 Å². The fourth-order valence-corrected chi connectivity index (χ4v) is 2.84. The Labute approximate surface area is 148 Å². The average molecular weight is 362 g/mol. The lowest BCUT2D eigenvalue weighted by molar-refractivity contribution is -0.134. The molecule has 2 heterocycles. The van der Waals surface area contributed by atoms with Crippen molar-refractivity contribution in [2.24, 2.45) is 0 Å². The summed E-state index contributed by atoms with van der Waals surface area (Å²) in [7, 11) is 1.35. The maximum Gasteiger partial charge on any atom is 0.325 e. The number of amides is 6. The second kappa shape index (κ2) is 6.54. The Hall–Kier alpha value is -3.30. The number of fused-ring (bicyclic) bond motifs is 1. The zero-order chi connectivity index (χ0) is 18.9. The summed E-state index contributed by atoms with van der Waals surface area (Å²) in [5.74, 6) is -0.120. The number of imide groups is 2. The van der Waals surface area contributed by atoms with Gasteiger partial charge in [0.15, 0.2) is 11.5 Å². The molecule has 1 atom stereocenters. The van der Waals surface area contributed by atoms with Gasteiger partial charge in [-0.25, -0.2) is 9.59 Å².